The van der Waals surface area contributed by atoms with Gasteiger partial charge in [-0.3, -0.25) is 0 Å². The number of anilines is 1. The summed E-state index contributed by atoms with van der Waals surface area (Å²) in [5, 5.41) is 3.47. The molecule has 2 nitrogen and oxygen atoms in total. The molecule has 2 heteroatoms. The third-order valence-electron chi connectivity index (χ3n) is 3.26. The predicted octanol–water partition coefficient (Wildman–Crippen LogP) is 4.57. The molecule has 2 aromatic rings. The lowest BCUT2D eigenvalue weighted by Gasteiger charge is -2.19. The summed E-state index contributed by atoms with van der Waals surface area (Å²) in [5.74, 6) is 0.932. The second-order valence-electron chi connectivity index (χ2n) is 5.22. The van der Waals surface area contributed by atoms with E-state index in [1.54, 1.807) is 0 Å². The number of ether oxygens (including phenoxy) is 1. The minimum absolute atomic E-state index is 0.179. The summed E-state index contributed by atoms with van der Waals surface area (Å²) in [5.41, 5.74) is 3.73. The molecule has 2 aromatic carbocycles. The molecule has 0 aromatic heterocycles. The summed E-state index contributed by atoms with van der Waals surface area (Å²) in [7, 11) is 0. The molecule has 0 aliphatic heterocycles. The van der Waals surface area contributed by atoms with Crippen molar-refractivity contribution in [3.05, 3.63) is 59.7 Å². The van der Waals surface area contributed by atoms with Crippen molar-refractivity contribution in [1.29, 1.82) is 0 Å². The second-order valence-corrected chi connectivity index (χ2v) is 5.22. The van der Waals surface area contributed by atoms with Crippen LogP contribution in [0.25, 0.3) is 0 Å². The molecule has 0 aliphatic carbocycles. The van der Waals surface area contributed by atoms with Crippen molar-refractivity contribution in [2.45, 2.75) is 33.3 Å². The number of hydrogen-bond acceptors (Lipinski definition) is 2. The van der Waals surface area contributed by atoms with Crippen LogP contribution in [0.4, 0.5) is 5.69 Å². The van der Waals surface area contributed by atoms with Crippen molar-refractivity contribution >= 4 is 5.69 Å². The first kappa shape index (κ1) is 14.4. The minimum Gasteiger partial charge on any atom is -0.489 e. The molecule has 20 heavy (non-hydrogen) atoms. The maximum absolute atomic E-state index is 5.98. The molecule has 0 saturated heterocycles. The van der Waals surface area contributed by atoms with Crippen LogP contribution in [0.1, 0.15) is 24.5 Å². The number of para-hydroxylation sites is 1. The summed E-state index contributed by atoms with van der Waals surface area (Å²) in [6, 6.07) is 16.5. The van der Waals surface area contributed by atoms with Crippen LogP contribution in [0.2, 0.25) is 0 Å². The molecule has 0 amide bonds. The Labute approximate surface area is 121 Å². The van der Waals surface area contributed by atoms with Gasteiger partial charge in [-0.2, -0.15) is 0 Å². The monoisotopic (exact) mass is 269 g/mol. The van der Waals surface area contributed by atoms with Crippen LogP contribution in [0.3, 0.4) is 0 Å². The summed E-state index contributed by atoms with van der Waals surface area (Å²) >= 11 is 0. The van der Waals surface area contributed by atoms with Gasteiger partial charge in [-0.15, -0.1) is 0 Å². The molecule has 0 bridgehead atoms. The molecule has 0 saturated carbocycles. The largest absolute Gasteiger partial charge is 0.489 e. The fourth-order valence-electron chi connectivity index (χ4n) is 2.27. The molecule has 1 unspecified atom stereocenters. The van der Waals surface area contributed by atoms with E-state index in [1.807, 2.05) is 30.3 Å². The van der Waals surface area contributed by atoms with Crippen LogP contribution in [0, 0.1) is 13.8 Å². The summed E-state index contributed by atoms with van der Waals surface area (Å²) in [4.78, 5) is 0. The first-order valence-corrected chi connectivity index (χ1v) is 7.21. The van der Waals surface area contributed by atoms with Crippen molar-refractivity contribution in [3.8, 4) is 5.75 Å². The average Bonchev–Trinajstić information content (AvgIpc) is 2.43. The number of rotatable bonds is 6. The lowest BCUT2D eigenvalue weighted by Crippen LogP contribution is -2.25. The molecule has 1 N–H and O–H groups in total. The van der Waals surface area contributed by atoms with Crippen LogP contribution in [-0.4, -0.2) is 12.6 Å². The Kier molecular flexibility index (Phi) is 5.05. The molecule has 0 fully saturated rings. The quantitative estimate of drug-likeness (QED) is 0.829. The highest BCUT2D eigenvalue weighted by Gasteiger charge is 2.08. The first-order chi connectivity index (χ1) is 9.67. The van der Waals surface area contributed by atoms with Gasteiger partial charge in [0.2, 0.25) is 0 Å². The van der Waals surface area contributed by atoms with E-state index >= 15 is 0 Å². The van der Waals surface area contributed by atoms with Gasteiger partial charge in [0, 0.05) is 5.69 Å². The van der Waals surface area contributed by atoms with E-state index in [4.69, 9.17) is 4.74 Å². The lowest BCUT2D eigenvalue weighted by molar-refractivity contribution is 0.210. The molecule has 0 spiro atoms. The zero-order valence-corrected chi connectivity index (χ0v) is 12.5. The maximum Gasteiger partial charge on any atom is 0.119 e. The molecule has 0 aliphatic rings. The van der Waals surface area contributed by atoms with Crippen LogP contribution >= 0.6 is 0 Å². The molecule has 2 rings (SSSR count). The maximum atomic E-state index is 5.98. The highest BCUT2D eigenvalue weighted by molar-refractivity contribution is 5.48. The molecular weight excluding hydrogens is 246 g/mol. The van der Waals surface area contributed by atoms with Crippen molar-refractivity contribution in [1.82, 2.24) is 0 Å². The van der Waals surface area contributed by atoms with E-state index in [0.717, 1.165) is 24.4 Å². The topological polar surface area (TPSA) is 21.3 Å². The van der Waals surface area contributed by atoms with E-state index in [-0.39, 0.29) is 6.10 Å². The Morgan fingerprint density at radius 3 is 2.25 bits per heavy atom. The van der Waals surface area contributed by atoms with E-state index in [0.29, 0.717) is 0 Å². The van der Waals surface area contributed by atoms with Crippen molar-refractivity contribution in [2.24, 2.45) is 0 Å². The van der Waals surface area contributed by atoms with Crippen LogP contribution in [-0.2, 0) is 0 Å². The average molecular weight is 269 g/mol. The van der Waals surface area contributed by atoms with Crippen molar-refractivity contribution in [3.63, 3.8) is 0 Å². The van der Waals surface area contributed by atoms with Crippen LogP contribution < -0.4 is 10.1 Å². The molecule has 0 radical (unpaired) electrons. The number of aryl methyl sites for hydroxylation is 2. The summed E-state index contributed by atoms with van der Waals surface area (Å²) < 4.78 is 5.98. The van der Waals surface area contributed by atoms with Crippen LogP contribution in [0.5, 0.6) is 5.75 Å². The number of nitrogens with one attached hydrogen (secondary N) is 1. The summed E-state index contributed by atoms with van der Waals surface area (Å²) in [6.07, 6.45) is 1.16. The highest BCUT2D eigenvalue weighted by Crippen LogP contribution is 2.16. The van der Waals surface area contributed by atoms with Gasteiger partial charge in [0.05, 0.1) is 6.54 Å². The number of hydrogen-bond donors (Lipinski definition) is 1. The Bertz CT molecular complexity index is 516. The Morgan fingerprint density at radius 1 is 1.00 bits per heavy atom. The third-order valence-corrected chi connectivity index (χ3v) is 3.26. The van der Waals surface area contributed by atoms with Crippen LogP contribution in [0.15, 0.2) is 48.5 Å². The van der Waals surface area contributed by atoms with Gasteiger partial charge in [-0.1, -0.05) is 31.2 Å². The Balaban J connectivity index is 1.93. The second kappa shape index (κ2) is 6.99. The predicted molar refractivity (Wildman–Crippen MR) is 85.6 cm³/mol. The standard InChI is InChI=1S/C18H23NO/c1-4-17(20-18-8-6-5-7-9-18)13-19-16-11-14(2)10-15(3)12-16/h5-12,17,19H,4,13H2,1-3H3. The minimum atomic E-state index is 0.179. The Hall–Kier alpha value is -1.96. The third kappa shape index (κ3) is 4.30. The van der Waals surface area contributed by atoms with Gasteiger partial charge in [-0.05, 0) is 55.7 Å². The molecule has 1 atom stereocenters. The molecule has 106 valence electrons. The van der Waals surface area contributed by atoms with Gasteiger partial charge < -0.3 is 10.1 Å². The SMILES string of the molecule is CCC(CNc1cc(C)cc(C)c1)Oc1ccccc1. The van der Waals surface area contributed by atoms with Crippen molar-refractivity contribution < 1.29 is 4.74 Å². The van der Waals surface area contributed by atoms with E-state index in [2.05, 4.69) is 44.3 Å². The molecular formula is C18H23NO. The van der Waals surface area contributed by atoms with Gasteiger partial charge in [0.15, 0.2) is 0 Å². The van der Waals surface area contributed by atoms with E-state index < -0.39 is 0 Å². The zero-order valence-electron chi connectivity index (χ0n) is 12.5. The fourth-order valence-corrected chi connectivity index (χ4v) is 2.27. The summed E-state index contributed by atoms with van der Waals surface area (Å²) in [6.45, 7) is 7.21. The smallest absolute Gasteiger partial charge is 0.119 e. The highest BCUT2D eigenvalue weighted by atomic mass is 16.5. The van der Waals surface area contributed by atoms with Gasteiger partial charge in [0.25, 0.3) is 0 Å². The van der Waals surface area contributed by atoms with Gasteiger partial charge >= 0.3 is 0 Å². The number of benzene rings is 2. The van der Waals surface area contributed by atoms with Crippen molar-refractivity contribution in [2.75, 3.05) is 11.9 Å². The first-order valence-electron chi connectivity index (χ1n) is 7.21. The molecule has 0 heterocycles. The van der Waals surface area contributed by atoms with Gasteiger partial charge in [0.1, 0.15) is 11.9 Å². The normalized spacial score (nSPS) is 11.9. The van der Waals surface area contributed by atoms with Gasteiger partial charge in [-0.25, -0.2) is 0 Å². The van der Waals surface area contributed by atoms with E-state index in [9.17, 15) is 0 Å². The Morgan fingerprint density at radius 2 is 1.65 bits per heavy atom. The zero-order chi connectivity index (χ0) is 14.4. The lowest BCUT2D eigenvalue weighted by atomic mass is 10.1. The fraction of sp³-hybridized carbons (Fsp3) is 0.333. The van der Waals surface area contributed by atoms with E-state index in [1.165, 1.54) is 11.1 Å².